The Hall–Kier alpha value is -0.0800. The molecule has 2 nitrogen and oxygen atoms in total. The van der Waals surface area contributed by atoms with Gasteiger partial charge in [0.1, 0.15) is 0 Å². The molecule has 1 heterocycles. The van der Waals surface area contributed by atoms with Gasteiger partial charge in [-0.15, -0.1) is 0 Å². The summed E-state index contributed by atoms with van der Waals surface area (Å²) in [6.07, 6.45) is 2.79. The van der Waals surface area contributed by atoms with Gasteiger partial charge in [0.2, 0.25) is 0 Å². The van der Waals surface area contributed by atoms with Crippen molar-refractivity contribution in [2.45, 2.75) is 52.4 Å². The van der Waals surface area contributed by atoms with Gasteiger partial charge >= 0.3 is 0 Å². The van der Waals surface area contributed by atoms with E-state index in [0.717, 1.165) is 12.8 Å². The van der Waals surface area contributed by atoms with Crippen molar-refractivity contribution in [3.05, 3.63) is 0 Å². The molecule has 3 unspecified atom stereocenters. The lowest BCUT2D eigenvalue weighted by Gasteiger charge is -2.21. The van der Waals surface area contributed by atoms with Crippen molar-refractivity contribution in [3.8, 4) is 0 Å². The average molecular weight is 172 g/mol. The Morgan fingerprint density at radius 3 is 2.58 bits per heavy atom. The van der Waals surface area contributed by atoms with Gasteiger partial charge in [-0.05, 0) is 24.7 Å². The minimum Gasteiger partial charge on any atom is -0.368 e. The van der Waals surface area contributed by atoms with Gasteiger partial charge in [0.25, 0.3) is 0 Å². The van der Waals surface area contributed by atoms with E-state index in [1.54, 1.807) is 0 Å². The van der Waals surface area contributed by atoms with E-state index in [0.29, 0.717) is 11.8 Å². The quantitative estimate of drug-likeness (QED) is 0.657. The summed E-state index contributed by atoms with van der Waals surface area (Å²) in [4.78, 5) is 0. The summed E-state index contributed by atoms with van der Waals surface area (Å²) in [6.45, 7) is 6.47. The van der Waals surface area contributed by atoms with Crippen molar-refractivity contribution in [1.82, 2.24) is 0 Å². The first-order chi connectivity index (χ1) is 5.59. The van der Waals surface area contributed by atoms with Crippen molar-refractivity contribution in [3.63, 3.8) is 0 Å². The molecule has 0 saturated carbocycles. The van der Waals surface area contributed by atoms with Gasteiger partial charge in [0, 0.05) is 6.42 Å². The van der Waals surface area contributed by atoms with Crippen LogP contribution in [0.25, 0.3) is 0 Å². The van der Waals surface area contributed by atoms with Crippen LogP contribution in [0.2, 0.25) is 0 Å². The number of hydrogen-bond donors (Lipinski definition) is 1. The van der Waals surface area contributed by atoms with Gasteiger partial charge in [-0.2, -0.15) is 0 Å². The fraction of sp³-hybridized carbons (Fsp3) is 1.00. The molecule has 0 bridgehead atoms. The molecule has 1 saturated heterocycles. The third-order valence-electron chi connectivity index (χ3n) is 2.62. The predicted molar refractivity (Wildman–Crippen MR) is 48.7 cm³/mol. The fourth-order valence-corrected chi connectivity index (χ4v) is 1.73. The van der Waals surface area contributed by atoms with E-state index in [4.69, 9.17) is 4.74 Å². The second kappa shape index (κ2) is 4.24. The minimum atomic E-state index is -0.533. The summed E-state index contributed by atoms with van der Waals surface area (Å²) >= 11 is 0. The van der Waals surface area contributed by atoms with Gasteiger partial charge in [-0.25, -0.2) is 0 Å². The van der Waals surface area contributed by atoms with Crippen LogP contribution in [0.5, 0.6) is 0 Å². The molecule has 1 aliphatic rings. The molecule has 1 N–H and O–H groups in total. The van der Waals surface area contributed by atoms with E-state index in [9.17, 15) is 5.11 Å². The maximum absolute atomic E-state index is 9.46. The van der Waals surface area contributed by atoms with E-state index in [2.05, 4.69) is 20.8 Å². The largest absolute Gasteiger partial charge is 0.368 e. The Labute approximate surface area is 74.9 Å². The minimum absolute atomic E-state index is 0.255. The van der Waals surface area contributed by atoms with Gasteiger partial charge in [0.05, 0.1) is 6.10 Å². The Kier molecular flexibility index (Phi) is 3.53. The molecule has 3 atom stereocenters. The number of ether oxygens (including phenoxy) is 1. The zero-order chi connectivity index (χ0) is 9.14. The molecule has 72 valence electrons. The average Bonchev–Trinajstić information content (AvgIpc) is 2.11. The SMILES string of the molecule is CC1CCC(C(C)C)OC(O)C1. The third kappa shape index (κ3) is 2.76. The molecule has 0 aromatic rings. The van der Waals surface area contributed by atoms with Crippen LogP contribution in [0.15, 0.2) is 0 Å². The van der Waals surface area contributed by atoms with Crippen LogP contribution in [0.3, 0.4) is 0 Å². The summed E-state index contributed by atoms with van der Waals surface area (Å²) in [5.41, 5.74) is 0. The highest BCUT2D eigenvalue weighted by atomic mass is 16.6. The lowest BCUT2D eigenvalue weighted by molar-refractivity contribution is -0.146. The highest BCUT2D eigenvalue weighted by Gasteiger charge is 2.24. The number of aliphatic hydroxyl groups is 1. The number of aliphatic hydroxyl groups excluding tert-OH is 1. The third-order valence-corrected chi connectivity index (χ3v) is 2.62. The molecular formula is C10H20O2. The highest BCUT2D eigenvalue weighted by molar-refractivity contribution is 4.70. The van der Waals surface area contributed by atoms with Crippen LogP contribution in [0, 0.1) is 11.8 Å². The van der Waals surface area contributed by atoms with Crippen molar-refractivity contribution >= 4 is 0 Å². The first-order valence-electron chi connectivity index (χ1n) is 4.93. The summed E-state index contributed by atoms with van der Waals surface area (Å²) in [7, 11) is 0. The molecule has 0 aromatic heterocycles. The highest BCUT2D eigenvalue weighted by Crippen LogP contribution is 2.25. The molecule has 0 amide bonds. The maximum Gasteiger partial charge on any atom is 0.155 e. The smallest absolute Gasteiger partial charge is 0.155 e. The van der Waals surface area contributed by atoms with Gasteiger partial charge < -0.3 is 9.84 Å². The first-order valence-corrected chi connectivity index (χ1v) is 4.93. The summed E-state index contributed by atoms with van der Waals surface area (Å²) < 4.78 is 5.50. The number of hydrogen-bond acceptors (Lipinski definition) is 2. The molecule has 0 aliphatic carbocycles. The maximum atomic E-state index is 9.46. The molecule has 1 aliphatic heterocycles. The second-order valence-electron chi connectivity index (χ2n) is 4.29. The van der Waals surface area contributed by atoms with Gasteiger partial charge in [0.15, 0.2) is 6.29 Å². The van der Waals surface area contributed by atoms with E-state index in [1.807, 2.05) is 0 Å². The lowest BCUT2D eigenvalue weighted by atomic mass is 9.97. The van der Waals surface area contributed by atoms with E-state index in [-0.39, 0.29) is 6.10 Å². The lowest BCUT2D eigenvalue weighted by Crippen LogP contribution is -2.24. The zero-order valence-electron chi connectivity index (χ0n) is 8.29. The molecule has 1 rings (SSSR count). The van der Waals surface area contributed by atoms with E-state index < -0.39 is 6.29 Å². The standard InChI is InChI=1S/C10H20O2/c1-7(2)9-5-4-8(3)6-10(11)12-9/h7-11H,4-6H2,1-3H3. The fourth-order valence-electron chi connectivity index (χ4n) is 1.73. The van der Waals surface area contributed by atoms with Crippen LogP contribution in [0.1, 0.15) is 40.0 Å². The predicted octanol–water partition coefficient (Wildman–Crippen LogP) is 2.17. The normalized spacial score (nSPS) is 38.2. The van der Waals surface area contributed by atoms with Crippen LogP contribution in [0.4, 0.5) is 0 Å². The molecule has 0 radical (unpaired) electrons. The van der Waals surface area contributed by atoms with Crippen molar-refractivity contribution < 1.29 is 9.84 Å². The van der Waals surface area contributed by atoms with Crippen LogP contribution in [-0.4, -0.2) is 17.5 Å². The summed E-state index contributed by atoms with van der Waals surface area (Å²) in [5.74, 6) is 1.12. The zero-order valence-corrected chi connectivity index (χ0v) is 8.29. The van der Waals surface area contributed by atoms with E-state index >= 15 is 0 Å². The van der Waals surface area contributed by atoms with Crippen LogP contribution >= 0.6 is 0 Å². The van der Waals surface area contributed by atoms with Crippen LogP contribution < -0.4 is 0 Å². The molecule has 12 heavy (non-hydrogen) atoms. The molecule has 0 spiro atoms. The molecule has 0 aromatic carbocycles. The summed E-state index contributed by atoms with van der Waals surface area (Å²) in [5, 5.41) is 9.46. The topological polar surface area (TPSA) is 29.5 Å². The number of rotatable bonds is 1. The first kappa shape index (κ1) is 10.0. The Morgan fingerprint density at radius 1 is 1.33 bits per heavy atom. The van der Waals surface area contributed by atoms with Crippen molar-refractivity contribution in [2.24, 2.45) is 11.8 Å². The Balaban J connectivity index is 2.46. The van der Waals surface area contributed by atoms with Crippen molar-refractivity contribution in [1.29, 1.82) is 0 Å². The summed E-state index contributed by atoms with van der Waals surface area (Å²) in [6, 6.07) is 0. The van der Waals surface area contributed by atoms with Crippen LogP contribution in [-0.2, 0) is 4.74 Å². The van der Waals surface area contributed by atoms with Crippen molar-refractivity contribution in [2.75, 3.05) is 0 Å². The molecule has 1 fully saturated rings. The monoisotopic (exact) mass is 172 g/mol. The van der Waals surface area contributed by atoms with Gasteiger partial charge in [-0.3, -0.25) is 0 Å². The Bertz CT molecular complexity index is 134. The Morgan fingerprint density at radius 2 is 2.00 bits per heavy atom. The molecular weight excluding hydrogens is 152 g/mol. The molecule has 2 heteroatoms. The van der Waals surface area contributed by atoms with E-state index in [1.165, 1.54) is 6.42 Å². The second-order valence-corrected chi connectivity index (χ2v) is 4.29. The van der Waals surface area contributed by atoms with Gasteiger partial charge in [-0.1, -0.05) is 20.8 Å².